The fourth-order valence-electron chi connectivity index (χ4n) is 0.980. The summed E-state index contributed by atoms with van der Waals surface area (Å²) in [6, 6.07) is 0. The molecule has 0 saturated heterocycles. The van der Waals surface area contributed by atoms with E-state index >= 15 is 0 Å². The molecule has 0 spiro atoms. The lowest BCUT2D eigenvalue weighted by Crippen LogP contribution is -1.88. The van der Waals surface area contributed by atoms with Crippen LogP contribution in [0.5, 0.6) is 0 Å². The smallest absolute Gasteiger partial charge is 0.132 e. The number of hydrogen-bond acceptors (Lipinski definition) is 2. The fraction of sp³-hybridized carbons (Fsp3) is 0.800. The van der Waals surface area contributed by atoms with Crippen molar-refractivity contribution in [2.24, 2.45) is 11.8 Å². The second-order valence-electron chi connectivity index (χ2n) is 3.77. The second kappa shape index (κ2) is 3.83. The Morgan fingerprint density at radius 2 is 1.08 bits per heavy atom. The van der Waals surface area contributed by atoms with Crippen LogP contribution in [0.4, 0.5) is 0 Å². The molecular weight excluding hydrogens is 152 g/mol. The summed E-state index contributed by atoms with van der Waals surface area (Å²) in [7, 11) is 0. The molecule has 2 saturated carbocycles. The highest BCUT2D eigenvalue weighted by Gasteiger charge is 2.25. The van der Waals surface area contributed by atoms with Crippen molar-refractivity contribution in [1.82, 2.24) is 0 Å². The van der Waals surface area contributed by atoms with Gasteiger partial charge in [-0.05, 0) is 39.5 Å². The minimum Gasteiger partial charge on any atom is -0.300 e. The first-order valence-corrected chi connectivity index (χ1v) is 4.62. The Hall–Kier alpha value is -0.660. The lowest BCUT2D eigenvalue weighted by atomic mass is 10.3. The SMILES string of the molecule is CC(=O)C1CC1.CC(=O)C1CC1. The van der Waals surface area contributed by atoms with Gasteiger partial charge in [0.25, 0.3) is 0 Å². The van der Waals surface area contributed by atoms with Gasteiger partial charge in [0.05, 0.1) is 0 Å². The van der Waals surface area contributed by atoms with Gasteiger partial charge in [-0.2, -0.15) is 0 Å². The molecule has 2 rings (SSSR count). The molecule has 12 heavy (non-hydrogen) atoms. The topological polar surface area (TPSA) is 34.1 Å². The van der Waals surface area contributed by atoms with E-state index in [-0.39, 0.29) is 0 Å². The zero-order valence-electron chi connectivity index (χ0n) is 7.80. The van der Waals surface area contributed by atoms with Crippen LogP contribution in [0.3, 0.4) is 0 Å². The van der Waals surface area contributed by atoms with Crippen LogP contribution in [0.15, 0.2) is 0 Å². The Morgan fingerprint density at radius 1 is 0.833 bits per heavy atom. The number of carbonyl (C=O) groups excluding carboxylic acids is 2. The second-order valence-corrected chi connectivity index (χ2v) is 3.77. The number of carbonyl (C=O) groups is 2. The van der Waals surface area contributed by atoms with Crippen LogP contribution < -0.4 is 0 Å². The molecule has 68 valence electrons. The molecule has 0 bridgehead atoms. The lowest BCUT2D eigenvalue weighted by molar-refractivity contribution is -0.118. The molecule has 2 heteroatoms. The van der Waals surface area contributed by atoms with E-state index < -0.39 is 0 Å². The third-order valence-electron chi connectivity index (χ3n) is 2.30. The number of rotatable bonds is 2. The Balaban J connectivity index is 0.000000120. The van der Waals surface area contributed by atoms with E-state index in [4.69, 9.17) is 0 Å². The summed E-state index contributed by atoms with van der Waals surface area (Å²) in [4.78, 5) is 20.4. The molecule has 2 aliphatic carbocycles. The van der Waals surface area contributed by atoms with E-state index in [0.29, 0.717) is 23.4 Å². The van der Waals surface area contributed by atoms with Crippen molar-refractivity contribution in [3.63, 3.8) is 0 Å². The molecular formula is C10H16O2. The molecule has 2 fully saturated rings. The summed E-state index contributed by atoms with van der Waals surface area (Å²) in [6.07, 6.45) is 4.59. The maximum Gasteiger partial charge on any atom is 0.132 e. The van der Waals surface area contributed by atoms with Crippen molar-refractivity contribution in [3.05, 3.63) is 0 Å². The van der Waals surface area contributed by atoms with Crippen LogP contribution in [-0.2, 0) is 9.59 Å². The highest BCUT2D eigenvalue weighted by atomic mass is 16.1. The van der Waals surface area contributed by atoms with E-state index in [1.54, 1.807) is 13.8 Å². The van der Waals surface area contributed by atoms with Gasteiger partial charge >= 0.3 is 0 Å². The van der Waals surface area contributed by atoms with Crippen LogP contribution in [0, 0.1) is 11.8 Å². The van der Waals surface area contributed by atoms with Crippen molar-refractivity contribution in [2.75, 3.05) is 0 Å². The van der Waals surface area contributed by atoms with E-state index in [2.05, 4.69) is 0 Å². The quantitative estimate of drug-likeness (QED) is 0.631. The average Bonchev–Trinajstić information content (AvgIpc) is 2.85. The van der Waals surface area contributed by atoms with E-state index in [0.717, 1.165) is 25.7 Å². The summed E-state index contributed by atoms with van der Waals surface area (Å²) in [5, 5.41) is 0. The van der Waals surface area contributed by atoms with Crippen LogP contribution in [0.2, 0.25) is 0 Å². The lowest BCUT2D eigenvalue weighted by Gasteiger charge is -1.75. The first-order chi connectivity index (χ1) is 5.61. The maximum absolute atomic E-state index is 10.2. The molecule has 2 aliphatic rings. The van der Waals surface area contributed by atoms with E-state index in [1.807, 2.05) is 0 Å². The molecule has 0 heterocycles. The molecule has 0 atom stereocenters. The zero-order valence-corrected chi connectivity index (χ0v) is 7.80. The molecule has 2 nitrogen and oxygen atoms in total. The Kier molecular flexibility index (Phi) is 3.01. The molecule has 0 radical (unpaired) electrons. The van der Waals surface area contributed by atoms with Crippen molar-refractivity contribution >= 4 is 11.6 Å². The first-order valence-electron chi connectivity index (χ1n) is 4.62. The third kappa shape index (κ3) is 3.65. The first kappa shape index (κ1) is 9.43. The van der Waals surface area contributed by atoms with Gasteiger partial charge in [-0.25, -0.2) is 0 Å². The molecule has 0 N–H and O–H groups in total. The number of hydrogen-bond donors (Lipinski definition) is 0. The van der Waals surface area contributed by atoms with Gasteiger partial charge in [0, 0.05) is 11.8 Å². The van der Waals surface area contributed by atoms with Gasteiger partial charge in [-0.3, -0.25) is 9.59 Å². The predicted molar refractivity (Wildman–Crippen MR) is 46.8 cm³/mol. The highest BCUT2D eigenvalue weighted by Crippen LogP contribution is 2.29. The van der Waals surface area contributed by atoms with Crippen LogP contribution in [0.1, 0.15) is 39.5 Å². The van der Waals surface area contributed by atoms with E-state index in [1.165, 1.54) is 0 Å². The predicted octanol–water partition coefficient (Wildman–Crippen LogP) is 1.97. The fourth-order valence-corrected chi connectivity index (χ4v) is 0.980. The maximum atomic E-state index is 10.2. The normalized spacial score (nSPS) is 20.8. The van der Waals surface area contributed by atoms with Gasteiger partial charge in [0.2, 0.25) is 0 Å². The van der Waals surface area contributed by atoms with Gasteiger partial charge in [0.15, 0.2) is 0 Å². The Bertz CT molecular complexity index is 166. The van der Waals surface area contributed by atoms with Crippen molar-refractivity contribution in [1.29, 1.82) is 0 Å². The monoisotopic (exact) mass is 168 g/mol. The summed E-state index contributed by atoms with van der Waals surface area (Å²) < 4.78 is 0. The van der Waals surface area contributed by atoms with Crippen LogP contribution in [0.25, 0.3) is 0 Å². The van der Waals surface area contributed by atoms with Crippen molar-refractivity contribution in [3.8, 4) is 0 Å². The number of ketones is 2. The largest absolute Gasteiger partial charge is 0.300 e. The Morgan fingerprint density at radius 3 is 1.08 bits per heavy atom. The van der Waals surface area contributed by atoms with Gasteiger partial charge in [-0.1, -0.05) is 0 Å². The summed E-state index contributed by atoms with van der Waals surface area (Å²) in [5.74, 6) is 1.67. The minimum atomic E-state index is 0.370. The van der Waals surface area contributed by atoms with Crippen LogP contribution in [-0.4, -0.2) is 11.6 Å². The third-order valence-corrected chi connectivity index (χ3v) is 2.30. The standard InChI is InChI=1S/2C5H8O/c2*1-4(6)5-2-3-5/h2*5H,2-3H2,1H3. The van der Waals surface area contributed by atoms with Gasteiger partial charge < -0.3 is 0 Å². The molecule has 0 aromatic rings. The Labute approximate surface area is 73.3 Å². The number of Topliss-reactive ketones (excluding diaryl/α,β-unsaturated/α-hetero) is 2. The summed E-state index contributed by atoms with van der Waals surface area (Å²) in [6.45, 7) is 3.33. The molecule has 0 aromatic heterocycles. The minimum absolute atomic E-state index is 0.370. The van der Waals surface area contributed by atoms with E-state index in [9.17, 15) is 9.59 Å². The summed E-state index contributed by atoms with van der Waals surface area (Å²) >= 11 is 0. The van der Waals surface area contributed by atoms with Gasteiger partial charge in [-0.15, -0.1) is 0 Å². The average molecular weight is 168 g/mol. The summed E-state index contributed by atoms with van der Waals surface area (Å²) in [5.41, 5.74) is 0. The molecule has 0 unspecified atom stereocenters. The molecule has 0 aromatic carbocycles. The molecule has 0 aliphatic heterocycles. The molecule has 0 amide bonds. The van der Waals surface area contributed by atoms with Crippen molar-refractivity contribution in [2.45, 2.75) is 39.5 Å². The zero-order chi connectivity index (χ0) is 9.14. The van der Waals surface area contributed by atoms with Gasteiger partial charge in [0.1, 0.15) is 11.6 Å². The van der Waals surface area contributed by atoms with Crippen LogP contribution >= 0.6 is 0 Å². The highest BCUT2D eigenvalue weighted by molar-refractivity contribution is 5.80. The van der Waals surface area contributed by atoms with Crippen molar-refractivity contribution < 1.29 is 9.59 Å².